The molecule has 0 radical (unpaired) electrons. The second-order valence-electron chi connectivity index (χ2n) is 4.92. The Labute approximate surface area is 135 Å². The summed E-state index contributed by atoms with van der Waals surface area (Å²) < 4.78 is 20.6. The van der Waals surface area contributed by atoms with E-state index in [2.05, 4.69) is 0 Å². The Hall–Kier alpha value is -3.29. The topological polar surface area (TPSA) is 119 Å². The molecule has 0 aliphatic heterocycles. The molecule has 0 saturated heterocycles. The molecule has 0 spiro atoms. The first-order valence-corrected chi connectivity index (χ1v) is 6.78. The van der Waals surface area contributed by atoms with Crippen LogP contribution in [0.2, 0.25) is 0 Å². The molecule has 0 unspecified atom stereocenters. The van der Waals surface area contributed by atoms with E-state index in [0.717, 1.165) is 0 Å². The zero-order valence-corrected chi connectivity index (χ0v) is 13.0. The molecule has 0 aliphatic rings. The highest BCUT2D eigenvalue weighted by Crippen LogP contribution is 2.49. The summed E-state index contributed by atoms with van der Waals surface area (Å²) in [5, 5.41) is 30.1. The van der Waals surface area contributed by atoms with Crippen molar-refractivity contribution in [2.75, 3.05) is 21.3 Å². The van der Waals surface area contributed by atoms with E-state index >= 15 is 0 Å². The van der Waals surface area contributed by atoms with Gasteiger partial charge in [0.1, 0.15) is 27.9 Å². The summed E-state index contributed by atoms with van der Waals surface area (Å²) >= 11 is 0. The minimum Gasteiger partial charge on any atom is -0.507 e. The van der Waals surface area contributed by atoms with Crippen LogP contribution >= 0.6 is 0 Å². The van der Waals surface area contributed by atoms with E-state index in [1.165, 1.54) is 33.5 Å². The summed E-state index contributed by atoms with van der Waals surface area (Å²) in [6.45, 7) is 0. The van der Waals surface area contributed by atoms with Crippen molar-refractivity contribution < 1.29 is 33.9 Å². The summed E-state index contributed by atoms with van der Waals surface area (Å²) in [4.78, 5) is 12.8. The fourth-order valence-electron chi connectivity index (χ4n) is 2.59. The van der Waals surface area contributed by atoms with Crippen LogP contribution in [0.5, 0.6) is 34.5 Å². The van der Waals surface area contributed by atoms with Crippen LogP contribution in [0.25, 0.3) is 21.9 Å². The van der Waals surface area contributed by atoms with Gasteiger partial charge < -0.3 is 33.9 Å². The number of aromatic hydroxyl groups is 3. The van der Waals surface area contributed by atoms with Crippen molar-refractivity contribution in [2.45, 2.75) is 0 Å². The molecule has 1 heterocycles. The Morgan fingerprint density at radius 3 is 2.12 bits per heavy atom. The Morgan fingerprint density at radius 2 is 1.54 bits per heavy atom. The van der Waals surface area contributed by atoms with E-state index in [1.54, 1.807) is 0 Å². The molecule has 0 atom stereocenters. The molecule has 8 heteroatoms. The van der Waals surface area contributed by atoms with Crippen molar-refractivity contribution in [1.82, 2.24) is 0 Å². The first-order valence-electron chi connectivity index (χ1n) is 6.78. The maximum absolute atomic E-state index is 12.8. The summed E-state index contributed by atoms with van der Waals surface area (Å²) in [5.74, 6) is -1.75. The molecule has 0 amide bonds. The molecular formula is C16H14O8. The number of phenolic OH excluding ortho intramolecular Hbond substituents is 3. The van der Waals surface area contributed by atoms with Crippen molar-refractivity contribution in [3.8, 4) is 34.5 Å². The van der Waals surface area contributed by atoms with Gasteiger partial charge in [-0.15, -0.1) is 0 Å². The Morgan fingerprint density at radius 1 is 0.875 bits per heavy atom. The van der Waals surface area contributed by atoms with Crippen molar-refractivity contribution in [1.29, 1.82) is 0 Å². The van der Waals surface area contributed by atoms with Gasteiger partial charge in [0.25, 0.3) is 0 Å². The third-order valence-electron chi connectivity index (χ3n) is 3.68. The molecule has 2 aromatic carbocycles. The van der Waals surface area contributed by atoms with Crippen LogP contribution in [0, 0.1) is 0 Å². The summed E-state index contributed by atoms with van der Waals surface area (Å²) in [6.07, 6.45) is 0. The number of hydrogen-bond acceptors (Lipinski definition) is 8. The summed E-state index contributed by atoms with van der Waals surface area (Å²) in [5.41, 5.74) is -0.884. The quantitative estimate of drug-likeness (QED) is 0.623. The van der Waals surface area contributed by atoms with Gasteiger partial charge in [0.05, 0.1) is 21.3 Å². The van der Waals surface area contributed by atoms with Gasteiger partial charge in [0.15, 0.2) is 11.3 Å². The zero-order valence-electron chi connectivity index (χ0n) is 13.0. The molecule has 0 aliphatic carbocycles. The third kappa shape index (κ3) is 1.96. The predicted molar refractivity (Wildman–Crippen MR) is 84.6 cm³/mol. The SMILES string of the molecule is COc1cc(O)c2c(=O)c3c(O)c(OC)c(O)c(OC)c3oc2c1. The van der Waals surface area contributed by atoms with E-state index in [-0.39, 0.29) is 44.9 Å². The summed E-state index contributed by atoms with van der Waals surface area (Å²) in [6, 6.07) is 2.64. The largest absolute Gasteiger partial charge is 0.507 e. The molecule has 0 bridgehead atoms. The smallest absolute Gasteiger partial charge is 0.208 e. The van der Waals surface area contributed by atoms with E-state index < -0.39 is 16.9 Å². The molecule has 0 saturated carbocycles. The number of phenols is 3. The summed E-state index contributed by atoms with van der Waals surface area (Å²) in [7, 11) is 3.87. The Kier molecular flexibility index (Phi) is 3.52. The van der Waals surface area contributed by atoms with Crippen molar-refractivity contribution >= 4 is 21.9 Å². The van der Waals surface area contributed by atoms with E-state index in [4.69, 9.17) is 18.6 Å². The lowest BCUT2D eigenvalue weighted by atomic mass is 10.1. The molecule has 1 aromatic heterocycles. The average Bonchev–Trinajstić information content (AvgIpc) is 2.54. The van der Waals surface area contributed by atoms with Gasteiger partial charge >= 0.3 is 0 Å². The highest BCUT2D eigenvalue weighted by Gasteiger charge is 2.26. The van der Waals surface area contributed by atoms with Gasteiger partial charge in [-0.1, -0.05) is 0 Å². The maximum atomic E-state index is 12.8. The van der Waals surface area contributed by atoms with Gasteiger partial charge in [-0.3, -0.25) is 4.79 Å². The standard InChI is InChI=1S/C16H14O8/c1-21-6-4-7(17)9-8(5-6)24-14-10(11(9)18)12(19)15(22-2)13(20)16(14)23-3/h4-5,17,19-20H,1-3H3. The molecule has 24 heavy (non-hydrogen) atoms. The van der Waals surface area contributed by atoms with Crippen molar-refractivity contribution in [3.05, 3.63) is 22.4 Å². The van der Waals surface area contributed by atoms with Crippen molar-refractivity contribution in [2.24, 2.45) is 0 Å². The lowest BCUT2D eigenvalue weighted by molar-refractivity contribution is 0.324. The van der Waals surface area contributed by atoms with Gasteiger partial charge in [0.2, 0.25) is 22.7 Å². The number of hydrogen-bond donors (Lipinski definition) is 3. The van der Waals surface area contributed by atoms with E-state index in [9.17, 15) is 20.1 Å². The second-order valence-corrected chi connectivity index (χ2v) is 4.92. The van der Waals surface area contributed by atoms with E-state index in [1.807, 2.05) is 0 Å². The molecule has 126 valence electrons. The minimum absolute atomic E-state index is 0.00613. The third-order valence-corrected chi connectivity index (χ3v) is 3.68. The molecule has 0 fully saturated rings. The number of methoxy groups -OCH3 is 3. The molecular weight excluding hydrogens is 320 g/mol. The molecule has 3 rings (SSSR count). The van der Waals surface area contributed by atoms with Crippen LogP contribution in [0.3, 0.4) is 0 Å². The molecule has 3 aromatic rings. The first kappa shape index (κ1) is 15.6. The highest BCUT2D eigenvalue weighted by atomic mass is 16.5. The lowest BCUT2D eigenvalue weighted by Gasteiger charge is -2.14. The second kappa shape index (κ2) is 5.41. The van der Waals surface area contributed by atoms with E-state index in [0.29, 0.717) is 0 Å². The first-order chi connectivity index (χ1) is 11.4. The van der Waals surface area contributed by atoms with Crippen molar-refractivity contribution in [3.63, 3.8) is 0 Å². The fourth-order valence-corrected chi connectivity index (χ4v) is 2.59. The van der Waals surface area contributed by atoms with Gasteiger partial charge in [-0.25, -0.2) is 0 Å². The monoisotopic (exact) mass is 334 g/mol. The van der Waals surface area contributed by atoms with Crippen LogP contribution in [-0.4, -0.2) is 36.6 Å². The van der Waals surface area contributed by atoms with Crippen LogP contribution in [0.1, 0.15) is 0 Å². The number of benzene rings is 2. The molecule has 8 nitrogen and oxygen atoms in total. The number of rotatable bonds is 3. The maximum Gasteiger partial charge on any atom is 0.208 e. The van der Waals surface area contributed by atoms with Crippen LogP contribution < -0.4 is 19.6 Å². The fraction of sp³-hybridized carbons (Fsp3) is 0.188. The Bertz CT molecular complexity index is 1020. The van der Waals surface area contributed by atoms with Crippen LogP contribution in [0.4, 0.5) is 0 Å². The predicted octanol–water partition coefficient (Wildman–Crippen LogP) is 2.09. The number of fused-ring (bicyclic) bond motifs is 2. The lowest BCUT2D eigenvalue weighted by Crippen LogP contribution is -2.05. The Balaban J connectivity index is 2.63. The normalized spacial score (nSPS) is 11.0. The zero-order chi connectivity index (χ0) is 17.6. The molecule has 3 N–H and O–H groups in total. The van der Waals surface area contributed by atoms with Gasteiger partial charge in [-0.2, -0.15) is 0 Å². The van der Waals surface area contributed by atoms with Crippen LogP contribution in [-0.2, 0) is 0 Å². The average molecular weight is 334 g/mol. The van der Waals surface area contributed by atoms with Gasteiger partial charge in [-0.05, 0) is 0 Å². The van der Waals surface area contributed by atoms with Gasteiger partial charge in [0, 0.05) is 12.1 Å². The number of ether oxygens (including phenoxy) is 3. The highest BCUT2D eigenvalue weighted by molar-refractivity contribution is 6.01. The minimum atomic E-state index is -0.708. The van der Waals surface area contributed by atoms with Crippen LogP contribution in [0.15, 0.2) is 21.3 Å².